The summed E-state index contributed by atoms with van der Waals surface area (Å²) in [5, 5.41) is 7.50. The fourth-order valence-electron chi connectivity index (χ4n) is 2.72. The molecule has 6 nitrogen and oxygen atoms in total. The van der Waals surface area contributed by atoms with Crippen LogP contribution in [0.2, 0.25) is 0 Å². The van der Waals surface area contributed by atoms with Crippen LogP contribution in [0.4, 0.5) is 0 Å². The van der Waals surface area contributed by atoms with Crippen molar-refractivity contribution in [2.75, 3.05) is 20.8 Å². The number of nitrogens with one attached hydrogen (secondary N) is 1. The molecule has 0 bridgehead atoms. The number of hydrogen-bond donors (Lipinski definition) is 1. The second-order valence-corrected chi connectivity index (χ2v) is 5.42. The Morgan fingerprint density at radius 3 is 2.74 bits per heavy atom. The van der Waals surface area contributed by atoms with E-state index in [-0.39, 0.29) is 18.4 Å². The number of benzene rings is 1. The highest BCUT2D eigenvalue weighted by Crippen LogP contribution is 2.28. The van der Waals surface area contributed by atoms with Crippen LogP contribution in [0.15, 0.2) is 22.7 Å². The number of halogens is 1. The largest absolute Gasteiger partial charge is 0.493 e. The van der Waals surface area contributed by atoms with E-state index < -0.39 is 0 Å². The Morgan fingerprint density at radius 2 is 2.04 bits per heavy atom. The molecule has 1 atom stereocenters. The zero-order valence-corrected chi connectivity index (χ0v) is 14.2. The molecule has 0 aliphatic carbocycles. The van der Waals surface area contributed by atoms with Crippen LogP contribution in [0.5, 0.6) is 11.5 Å². The Balaban J connectivity index is 0.00000192. The summed E-state index contributed by atoms with van der Waals surface area (Å²) in [5.41, 5.74) is 1.06. The SMILES string of the molecule is COc1ccc(Cc2noc([C@H]3CCCCN3)n2)cc1OC.Cl. The van der Waals surface area contributed by atoms with Crippen LogP contribution in [-0.2, 0) is 6.42 Å². The summed E-state index contributed by atoms with van der Waals surface area (Å²) in [7, 11) is 3.25. The molecule has 0 saturated carbocycles. The van der Waals surface area contributed by atoms with E-state index in [4.69, 9.17) is 14.0 Å². The Hall–Kier alpha value is -1.79. The molecular formula is C16H22ClN3O3. The molecule has 1 N–H and O–H groups in total. The van der Waals surface area contributed by atoms with Crippen molar-refractivity contribution >= 4 is 12.4 Å². The molecule has 1 aliphatic rings. The summed E-state index contributed by atoms with van der Waals surface area (Å²) in [4.78, 5) is 4.51. The van der Waals surface area contributed by atoms with E-state index in [0.717, 1.165) is 18.5 Å². The highest BCUT2D eigenvalue weighted by atomic mass is 35.5. The van der Waals surface area contributed by atoms with Crippen LogP contribution in [0.25, 0.3) is 0 Å². The molecule has 1 aromatic heterocycles. The lowest BCUT2D eigenvalue weighted by Gasteiger charge is -2.19. The van der Waals surface area contributed by atoms with E-state index >= 15 is 0 Å². The zero-order valence-electron chi connectivity index (χ0n) is 13.4. The van der Waals surface area contributed by atoms with Gasteiger partial charge in [-0.3, -0.25) is 0 Å². The van der Waals surface area contributed by atoms with E-state index in [1.165, 1.54) is 12.8 Å². The van der Waals surface area contributed by atoms with Gasteiger partial charge in [0, 0.05) is 6.42 Å². The average molecular weight is 340 g/mol. The molecule has 1 fully saturated rings. The highest BCUT2D eigenvalue weighted by molar-refractivity contribution is 5.85. The summed E-state index contributed by atoms with van der Waals surface area (Å²) in [6, 6.07) is 6.00. The minimum Gasteiger partial charge on any atom is -0.493 e. The van der Waals surface area contributed by atoms with Gasteiger partial charge in [0.2, 0.25) is 5.89 Å². The van der Waals surface area contributed by atoms with Crippen molar-refractivity contribution in [3.8, 4) is 11.5 Å². The molecule has 0 unspecified atom stereocenters. The predicted octanol–water partition coefficient (Wildman–Crippen LogP) is 2.91. The van der Waals surface area contributed by atoms with Gasteiger partial charge in [-0.25, -0.2) is 0 Å². The summed E-state index contributed by atoms with van der Waals surface area (Å²) in [6.45, 7) is 1.01. The van der Waals surface area contributed by atoms with Gasteiger partial charge in [-0.1, -0.05) is 17.6 Å². The normalized spacial score (nSPS) is 17.4. The average Bonchev–Trinajstić information content (AvgIpc) is 3.04. The van der Waals surface area contributed by atoms with Crippen molar-refractivity contribution in [3.05, 3.63) is 35.5 Å². The molecule has 23 heavy (non-hydrogen) atoms. The lowest BCUT2D eigenvalue weighted by molar-refractivity contribution is 0.296. The van der Waals surface area contributed by atoms with Crippen molar-refractivity contribution in [3.63, 3.8) is 0 Å². The van der Waals surface area contributed by atoms with Crippen molar-refractivity contribution < 1.29 is 14.0 Å². The Morgan fingerprint density at radius 1 is 1.22 bits per heavy atom. The topological polar surface area (TPSA) is 69.4 Å². The minimum atomic E-state index is 0. The summed E-state index contributed by atoms with van der Waals surface area (Å²) >= 11 is 0. The number of nitrogens with zero attached hydrogens (tertiary/aromatic N) is 2. The second-order valence-electron chi connectivity index (χ2n) is 5.42. The number of ether oxygens (including phenoxy) is 2. The Bertz CT molecular complexity index is 627. The van der Waals surface area contributed by atoms with Gasteiger partial charge < -0.3 is 19.3 Å². The molecule has 126 valence electrons. The number of methoxy groups -OCH3 is 2. The van der Waals surface area contributed by atoms with E-state index in [2.05, 4.69) is 15.5 Å². The highest BCUT2D eigenvalue weighted by Gasteiger charge is 2.21. The number of piperidine rings is 1. The number of rotatable bonds is 5. The fourth-order valence-corrected chi connectivity index (χ4v) is 2.72. The predicted molar refractivity (Wildman–Crippen MR) is 88.5 cm³/mol. The summed E-state index contributed by atoms with van der Waals surface area (Å²) in [6.07, 6.45) is 4.07. The van der Waals surface area contributed by atoms with Gasteiger partial charge in [0.1, 0.15) is 0 Å². The van der Waals surface area contributed by atoms with Gasteiger partial charge in [-0.15, -0.1) is 12.4 Å². The van der Waals surface area contributed by atoms with Gasteiger partial charge in [-0.2, -0.15) is 4.98 Å². The van der Waals surface area contributed by atoms with Crippen LogP contribution < -0.4 is 14.8 Å². The fraction of sp³-hybridized carbons (Fsp3) is 0.500. The standard InChI is InChI=1S/C16H21N3O3.ClH/c1-20-13-7-6-11(9-14(13)21-2)10-15-18-16(22-19-15)12-5-3-4-8-17-12;/h6-7,9,12,17H,3-5,8,10H2,1-2H3;1H/t12-;/m1./s1. The van der Waals surface area contributed by atoms with E-state index in [9.17, 15) is 0 Å². The smallest absolute Gasteiger partial charge is 0.243 e. The maximum Gasteiger partial charge on any atom is 0.243 e. The summed E-state index contributed by atoms with van der Waals surface area (Å²) < 4.78 is 16.0. The van der Waals surface area contributed by atoms with Crippen molar-refractivity contribution in [2.24, 2.45) is 0 Å². The monoisotopic (exact) mass is 339 g/mol. The second kappa shape index (κ2) is 8.17. The van der Waals surface area contributed by atoms with Crippen LogP contribution >= 0.6 is 12.4 Å². The van der Waals surface area contributed by atoms with Gasteiger partial charge in [0.25, 0.3) is 0 Å². The van der Waals surface area contributed by atoms with Gasteiger partial charge in [0.15, 0.2) is 17.3 Å². The van der Waals surface area contributed by atoms with E-state index in [1.54, 1.807) is 14.2 Å². The van der Waals surface area contributed by atoms with E-state index in [1.807, 2.05) is 18.2 Å². The first kappa shape index (κ1) is 17.6. The van der Waals surface area contributed by atoms with Crippen molar-refractivity contribution in [2.45, 2.75) is 31.7 Å². The molecule has 2 heterocycles. The Labute approximate surface area is 142 Å². The maximum absolute atomic E-state index is 5.40. The number of hydrogen-bond acceptors (Lipinski definition) is 6. The molecular weight excluding hydrogens is 318 g/mol. The van der Waals surface area contributed by atoms with Gasteiger partial charge in [-0.05, 0) is 37.1 Å². The van der Waals surface area contributed by atoms with Gasteiger partial charge in [0.05, 0.1) is 20.3 Å². The van der Waals surface area contributed by atoms with Crippen LogP contribution in [0.3, 0.4) is 0 Å². The van der Waals surface area contributed by atoms with E-state index in [0.29, 0.717) is 29.6 Å². The third-order valence-electron chi connectivity index (χ3n) is 3.90. The van der Waals surface area contributed by atoms with Crippen LogP contribution in [0.1, 0.15) is 42.6 Å². The lowest BCUT2D eigenvalue weighted by Crippen LogP contribution is -2.27. The molecule has 0 radical (unpaired) electrons. The molecule has 1 aliphatic heterocycles. The molecule has 2 aromatic rings. The molecule has 1 aromatic carbocycles. The minimum absolute atomic E-state index is 0. The first-order valence-electron chi connectivity index (χ1n) is 7.57. The molecule has 3 rings (SSSR count). The molecule has 1 saturated heterocycles. The third kappa shape index (κ3) is 4.14. The maximum atomic E-state index is 5.40. The molecule has 0 amide bonds. The number of aromatic nitrogens is 2. The van der Waals surface area contributed by atoms with Crippen LogP contribution in [-0.4, -0.2) is 30.9 Å². The Kier molecular flexibility index (Phi) is 6.24. The third-order valence-corrected chi connectivity index (χ3v) is 3.90. The van der Waals surface area contributed by atoms with Crippen molar-refractivity contribution in [1.82, 2.24) is 15.5 Å². The first-order chi connectivity index (χ1) is 10.8. The zero-order chi connectivity index (χ0) is 15.4. The molecule has 0 spiro atoms. The first-order valence-corrected chi connectivity index (χ1v) is 7.57. The summed E-state index contributed by atoms with van der Waals surface area (Å²) in [5.74, 6) is 2.80. The van der Waals surface area contributed by atoms with Gasteiger partial charge >= 0.3 is 0 Å². The van der Waals surface area contributed by atoms with Crippen molar-refractivity contribution in [1.29, 1.82) is 0 Å². The lowest BCUT2D eigenvalue weighted by atomic mass is 10.1. The quantitative estimate of drug-likeness (QED) is 0.903. The molecule has 7 heteroatoms. The van der Waals surface area contributed by atoms with Crippen LogP contribution in [0, 0.1) is 0 Å².